The van der Waals surface area contributed by atoms with E-state index in [0.717, 1.165) is 22.4 Å². The third-order valence-electron chi connectivity index (χ3n) is 3.75. The first kappa shape index (κ1) is 17.0. The predicted octanol–water partition coefficient (Wildman–Crippen LogP) is 5.82. The zero-order valence-corrected chi connectivity index (χ0v) is 14.3. The van der Waals surface area contributed by atoms with Crippen LogP contribution in [-0.2, 0) is 6.61 Å². The molecule has 124 valence electrons. The van der Waals surface area contributed by atoms with Crippen molar-refractivity contribution in [2.75, 3.05) is 0 Å². The Hall–Kier alpha value is -2.84. The quantitative estimate of drug-likeness (QED) is 0.414. The van der Waals surface area contributed by atoms with Crippen LogP contribution in [0.15, 0.2) is 78.9 Å². The van der Waals surface area contributed by atoms with Gasteiger partial charge in [-0.3, -0.25) is 4.79 Å². The van der Waals surface area contributed by atoms with Gasteiger partial charge in [0.15, 0.2) is 0 Å². The van der Waals surface area contributed by atoms with Crippen molar-refractivity contribution in [2.24, 2.45) is 0 Å². The standard InChI is InChI=1S/C22H17ClO2/c23-22(24)20-14-11-17(12-15-20)10-13-19-8-4-5-9-21(19)25-16-18-6-2-1-3-7-18/h1-15H,16H2. The van der Waals surface area contributed by atoms with Gasteiger partial charge < -0.3 is 4.74 Å². The van der Waals surface area contributed by atoms with E-state index in [-0.39, 0.29) is 0 Å². The molecule has 0 aliphatic heterocycles. The van der Waals surface area contributed by atoms with Crippen LogP contribution in [0, 0.1) is 0 Å². The van der Waals surface area contributed by atoms with Gasteiger partial charge in [-0.1, -0.05) is 72.8 Å². The zero-order valence-electron chi connectivity index (χ0n) is 13.6. The van der Waals surface area contributed by atoms with Crippen molar-refractivity contribution in [1.82, 2.24) is 0 Å². The van der Waals surface area contributed by atoms with Crippen LogP contribution in [0.2, 0.25) is 0 Å². The smallest absolute Gasteiger partial charge is 0.252 e. The first-order chi connectivity index (χ1) is 12.2. The summed E-state index contributed by atoms with van der Waals surface area (Å²) in [5, 5.41) is -0.449. The molecular weight excluding hydrogens is 332 g/mol. The number of hydrogen-bond acceptors (Lipinski definition) is 2. The number of carbonyl (C=O) groups excluding carboxylic acids is 1. The fraction of sp³-hybridized carbons (Fsp3) is 0.0455. The molecule has 25 heavy (non-hydrogen) atoms. The van der Waals surface area contributed by atoms with E-state index < -0.39 is 5.24 Å². The first-order valence-corrected chi connectivity index (χ1v) is 8.34. The molecule has 0 atom stereocenters. The van der Waals surface area contributed by atoms with Crippen molar-refractivity contribution in [2.45, 2.75) is 6.61 Å². The van der Waals surface area contributed by atoms with Gasteiger partial charge in [0.05, 0.1) is 0 Å². The average Bonchev–Trinajstić information content (AvgIpc) is 2.66. The topological polar surface area (TPSA) is 26.3 Å². The maximum Gasteiger partial charge on any atom is 0.252 e. The number of ether oxygens (including phenoxy) is 1. The van der Waals surface area contributed by atoms with E-state index in [0.29, 0.717) is 12.2 Å². The Balaban J connectivity index is 1.73. The third-order valence-corrected chi connectivity index (χ3v) is 3.97. The van der Waals surface area contributed by atoms with Crippen LogP contribution in [0.3, 0.4) is 0 Å². The van der Waals surface area contributed by atoms with Crippen LogP contribution < -0.4 is 4.74 Å². The monoisotopic (exact) mass is 348 g/mol. The summed E-state index contributed by atoms with van der Waals surface area (Å²) in [6.45, 7) is 0.526. The van der Waals surface area contributed by atoms with Crippen LogP contribution in [0.4, 0.5) is 0 Å². The van der Waals surface area contributed by atoms with Crippen molar-refractivity contribution in [3.05, 3.63) is 101 Å². The molecule has 0 radical (unpaired) electrons. The Morgan fingerprint density at radius 1 is 0.840 bits per heavy atom. The highest BCUT2D eigenvalue weighted by atomic mass is 35.5. The molecule has 3 aromatic rings. The summed E-state index contributed by atoms with van der Waals surface area (Å²) in [5.74, 6) is 0.829. The molecule has 0 saturated heterocycles. The number of halogens is 1. The van der Waals surface area contributed by atoms with Crippen molar-refractivity contribution < 1.29 is 9.53 Å². The number of hydrogen-bond donors (Lipinski definition) is 0. The number of para-hydroxylation sites is 1. The molecule has 3 rings (SSSR count). The largest absolute Gasteiger partial charge is 0.488 e. The molecule has 0 N–H and O–H groups in total. The maximum absolute atomic E-state index is 11.1. The Bertz CT molecular complexity index is 868. The van der Waals surface area contributed by atoms with Gasteiger partial charge in [-0.25, -0.2) is 0 Å². The van der Waals surface area contributed by atoms with E-state index in [9.17, 15) is 4.79 Å². The highest BCUT2D eigenvalue weighted by Gasteiger charge is 2.02. The van der Waals surface area contributed by atoms with E-state index in [2.05, 4.69) is 0 Å². The van der Waals surface area contributed by atoms with Gasteiger partial charge in [0, 0.05) is 11.1 Å². The molecule has 0 aliphatic carbocycles. The van der Waals surface area contributed by atoms with Crippen LogP contribution in [0.25, 0.3) is 12.2 Å². The summed E-state index contributed by atoms with van der Waals surface area (Å²) in [6, 6.07) is 25.1. The summed E-state index contributed by atoms with van der Waals surface area (Å²) < 4.78 is 5.95. The molecule has 2 nitrogen and oxygen atoms in total. The normalized spacial score (nSPS) is 10.8. The molecule has 0 heterocycles. The van der Waals surface area contributed by atoms with Crippen LogP contribution in [0.1, 0.15) is 27.0 Å². The van der Waals surface area contributed by atoms with Gasteiger partial charge in [-0.2, -0.15) is 0 Å². The maximum atomic E-state index is 11.1. The fourth-order valence-corrected chi connectivity index (χ4v) is 2.52. The minimum absolute atomic E-state index is 0.449. The molecular formula is C22H17ClO2. The van der Waals surface area contributed by atoms with Gasteiger partial charge in [0.1, 0.15) is 12.4 Å². The lowest BCUT2D eigenvalue weighted by molar-refractivity contribution is 0.108. The number of carbonyl (C=O) groups is 1. The van der Waals surface area contributed by atoms with Gasteiger partial charge in [-0.05, 0) is 40.9 Å². The minimum Gasteiger partial charge on any atom is -0.488 e. The first-order valence-electron chi connectivity index (χ1n) is 7.96. The van der Waals surface area contributed by atoms with Crippen LogP contribution in [-0.4, -0.2) is 5.24 Å². The third kappa shape index (κ3) is 4.82. The van der Waals surface area contributed by atoms with E-state index >= 15 is 0 Å². The van der Waals surface area contributed by atoms with Gasteiger partial charge in [-0.15, -0.1) is 0 Å². The second-order valence-electron chi connectivity index (χ2n) is 5.54. The molecule has 0 saturated carbocycles. The highest BCUT2D eigenvalue weighted by Crippen LogP contribution is 2.22. The SMILES string of the molecule is O=C(Cl)c1ccc(C=Cc2ccccc2OCc2ccccc2)cc1. The second-order valence-corrected chi connectivity index (χ2v) is 5.88. The molecule has 0 amide bonds. The van der Waals surface area contributed by atoms with E-state index in [1.807, 2.05) is 78.9 Å². The summed E-state index contributed by atoms with van der Waals surface area (Å²) in [7, 11) is 0. The average molecular weight is 349 g/mol. The summed E-state index contributed by atoms with van der Waals surface area (Å²) in [5.41, 5.74) is 3.60. The Morgan fingerprint density at radius 2 is 1.52 bits per heavy atom. The van der Waals surface area contributed by atoms with Crippen LogP contribution in [0.5, 0.6) is 5.75 Å². The van der Waals surface area contributed by atoms with E-state index in [4.69, 9.17) is 16.3 Å². The lowest BCUT2D eigenvalue weighted by Crippen LogP contribution is -1.96. The molecule has 0 aromatic heterocycles. The van der Waals surface area contributed by atoms with Gasteiger partial charge in [0.2, 0.25) is 0 Å². The Labute approximate surface area is 152 Å². The summed E-state index contributed by atoms with van der Waals surface area (Å²) in [4.78, 5) is 11.1. The highest BCUT2D eigenvalue weighted by molar-refractivity contribution is 6.67. The molecule has 3 heteroatoms. The van der Waals surface area contributed by atoms with Crippen molar-refractivity contribution in [3.63, 3.8) is 0 Å². The molecule has 0 bridgehead atoms. The van der Waals surface area contributed by atoms with Crippen molar-refractivity contribution in [1.29, 1.82) is 0 Å². The Kier molecular flexibility index (Phi) is 5.65. The molecule has 0 unspecified atom stereocenters. The van der Waals surface area contributed by atoms with Crippen molar-refractivity contribution in [3.8, 4) is 5.75 Å². The summed E-state index contributed by atoms with van der Waals surface area (Å²) in [6.07, 6.45) is 3.98. The fourth-order valence-electron chi connectivity index (χ4n) is 2.40. The number of rotatable bonds is 6. The lowest BCUT2D eigenvalue weighted by Gasteiger charge is -2.09. The molecule has 3 aromatic carbocycles. The van der Waals surface area contributed by atoms with E-state index in [1.165, 1.54) is 0 Å². The second kappa shape index (κ2) is 8.32. The van der Waals surface area contributed by atoms with Gasteiger partial charge in [0.25, 0.3) is 5.24 Å². The molecule has 0 spiro atoms. The zero-order chi connectivity index (χ0) is 17.5. The predicted molar refractivity (Wildman–Crippen MR) is 103 cm³/mol. The molecule has 0 aliphatic rings. The molecule has 0 fully saturated rings. The van der Waals surface area contributed by atoms with E-state index in [1.54, 1.807) is 12.1 Å². The summed E-state index contributed by atoms with van der Waals surface area (Å²) >= 11 is 5.46. The minimum atomic E-state index is -0.449. The van der Waals surface area contributed by atoms with Crippen molar-refractivity contribution >= 4 is 29.0 Å². The lowest BCUT2D eigenvalue weighted by atomic mass is 10.1. The Morgan fingerprint density at radius 3 is 2.24 bits per heavy atom. The number of benzene rings is 3. The van der Waals surface area contributed by atoms with Crippen LogP contribution >= 0.6 is 11.6 Å². The van der Waals surface area contributed by atoms with Gasteiger partial charge >= 0.3 is 0 Å².